The van der Waals surface area contributed by atoms with E-state index >= 15 is 0 Å². The van der Waals surface area contributed by atoms with Crippen molar-refractivity contribution in [3.63, 3.8) is 0 Å². The Hall–Kier alpha value is -2.95. The summed E-state index contributed by atoms with van der Waals surface area (Å²) in [5.41, 5.74) is 3.85. The lowest BCUT2D eigenvalue weighted by Gasteiger charge is -2.38. The van der Waals surface area contributed by atoms with Crippen molar-refractivity contribution in [3.8, 4) is 0 Å². The Morgan fingerprint density at radius 1 is 0.889 bits per heavy atom. The topological polar surface area (TPSA) is 60.8 Å². The van der Waals surface area contributed by atoms with Crippen LogP contribution in [0.4, 0.5) is 0 Å². The molecule has 0 aliphatic carbocycles. The van der Waals surface area contributed by atoms with Gasteiger partial charge in [-0.15, -0.1) is 0 Å². The van der Waals surface area contributed by atoms with Crippen molar-refractivity contribution in [3.05, 3.63) is 107 Å². The van der Waals surface area contributed by atoms with Crippen LogP contribution in [0.1, 0.15) is 67.7 Å². The number of rotatable bonds is 10. The molecule has 0 aromatic heterocycles. The van der Waals surface area contributed by atoms with Gasteiger partial charge in [0.1, 0.15) is 6.23 Å². The van der Waals surface area contributed by atoms with E-state index in [1.54, 1.807) is 13.8 Å². The first-order valence-electron chi connectivity index (χ1n) is 13.2. The molecule has 4 nitrogen and oxygen atoms in total. The maximum absolute atomic E-state index is 11.5. The number of carbonyl (C=O) groups is 1. The van der Waals surface area contributed by atoms with Crippen LogP contribution in [0, 0.1) is 5.92 Å². The molecule has 36 heavy (non-hydrogen) atoms. The number of aliphatic hydroxyl groups is 1. The van der Waals surface area contributed by atoms with Gasteiger partial charge in [0, 0.05) is 19.0 Å². The van der Waals surface area contributed by atoms with E-state index in [1.165, 1.54) is 16.7 Å². The minimum atomic E-state index is -0.888. The van der Waals surface area contributed by atoms with Crippen molar-refractivity contribution in [1.29, 1.82) is 0 Å². The second-order valence-electron chi connectivity index (χ2n) is 10.7. The van der Waals surface area contributed by atoms with E-state index in [2.05, 4.69) is 65.6 Å². The molecule has 0 saturated carbocycles. The molecular formula is C32H39NO3. The third-order valence-electron chi connectivity index (χ3n) is 7.92. The second kappa shape index (κ2) is 11.9. The van der Waals surface area contributed by atoms with Crippen molar-refractivity contribution < 1.29 is 15.0 Å². The Kier molecular flexibility index (Phi) is 8.60. The van der Waals surface area contributed by atoms with Crippen LogP contribution in [0.25, 0.3) is 0 Å². The number of hydrogen-bond donors (Lipinski definition) is 2. The van der Waals surface area contributed by atoms with Gasteiger partial charge >= 0.3 is 5.97 Å². The average Bonchev–Trinajstić information content (AvgIpc) is 2.90. The first-order valence-corrected chi connectivity index (χ1v) is 13.2. The van der Waals surface area contributed by atoms with Crippen molar-refractivity contribution in [2.45, 2.75) is 63.5 Å². The molecule has 1 aliphatic heterocycles. The molecule has 0 spiro atoms. The number of piperidine rings is 1. The van der Waals surface area contributed by atoms with Gasteiger partial charge < -0.3 is 10.2 Å². The van der Waals surface area contributed by atoms with Crippen molar-refractivity contribution >= 4 is 5.97 Å². The van der Waals surface area contributed by atoms with Gasteiger partial charge in [-0.25, -0.2) is 0 Å². The monoisotopic (exact) mass is 485 g/mol. The Labute approximate surface area is 215 Å². The van der Waals surface area contributed by atoms with Gasteiger partial charge in [0.2, 0.25) is 0 Å². The molecule has 1 fully saturated rings. The van der Waals surface area contributed by atoms with E-state index in [4.69, 9.17) is 0 Å². The number of nitrogens with zero attached hydrogens (tertiary/aromatic N) is 1. The lowest BCUT2D eigenvalue weighted by atomic mass is 9.76. The summed E-state index contributed by atoms with van der Waals surface area (Å²) < 4.78 is 0. The van der Waals surface area contributed by atoms with E-state index in [-0.39, 0.29) is 0 Å². The minimum absolute atomic E-state index is 0.390. The van der Waals surface area contributed by atoms with Crippen LogP contribution in [0.15, 0.2) is 84.9 Å². The number of carboxylic acid groups (broad SMARTS) is 1. The van der Waals surface area contributed by atoms with Crippen LogP contribution in [-0.4, -0.2) is 40.4 Å². The summed E-state index contributed by atoms with van der Waals surface area (Å²) in [6.45, 7) is 5.29. The first kappa shape index (κ1) is 26.1. The first-order chi connectivity index (χ1) is 17.4. The van der Waals surface area contributed by atoms with E-state index in [1.807, 2.05) is 24.3 Å². The highest BCUT2D eigenvalue weighted by molar-refractivity contribution is 5.80. The maximum atomic E-state index is 11.5. The summed E-state index contributed by atoms with van der Waals surface area (Å²) in [5.74, 6) is 0.133. The molecule has 1 aliphatic rings. The van der Waals surface area contributed by atoms with Gasteiger partial charge in [-0.3, -0.25) is 9.69 Å². The Bertz CT molecular complexity index is 1050. The highest BCUT2D eigenvalue weighted by Gasteiger charge is 2.31. The van der Waals surface area contributed by atoms with Crippen molar-refractivity contribution in [1.82, 2.24) is 4.90 Å². The van der Waals surface area contributed by atoms with Crippen LogP contribution in [0.5, 0.6) is 0 Å². The van der Waals surface area contributed by atoms with Gasteiger partial charge in [-0.05, 0) is 74.1 Å². The average molecular weight is 486 g/mol. The fourth-order valence-corrected chi connectivity index (χ4v) is 5.49. The Morgan fingerprint density at radius 3 is 1.92 bits per heavy atom. The van der Waals surface area contributed by atoms with Crippen LogP contribution in [-0.2, 0) is 16.6 Å². The van der Waals surface area contributed by atoms with E-state index in [0.717, 1.165) is 50.8 Å². The molecule has 3 aromatic rings. The lowest BCUT2D eigenvalue weighted by Crippen LogP contribution is -2.42. The normalized spacial score (nSPS) is 16.2. The summed E-state index contributed by atoms with van der Waals surface area (Å²) >= 11 is 0. The van der Waals surface area contributed by atoms with Gasteiger partial charge in [0.05, 0.1) is 5.41 Å². The summed E-state index contributed by atoms with van der Waals surface area (Å²) in [4.78, 5) is 13.7. The van der Waals surface area contributed by atoms with Crippen LogP contribution >= 0.6 is 0 Å². The number of aliphatic carboxylic acids is 1. The predicted octanol–water partition coefficient (Wildman–Crippen LogP) is 6.23. The minimum Gasteiger partial charge on any atom is -0.481 e. The smallest absolute Gasteiger partial charge is 0.313 e. The summed E-state index contributed by atoms with van der Waals surface area (Å²) in [6, 6.07) is 29.5. The third kappa shape index (κ3) is 6.24. The maximum Gasteiger partial charge on any atom is 0.313 e. The van der Waals surface area contributed by atoms with E-state index in [9.17, 15) is 15.0 Å². The van der Waals surface area contributed by atoms with Crippen LogP contribution in [0.3, 0.4) is 0 Å². The molecule has 0 radical (unpaired) electrons. The molecule has 0 bridgehead atoms. The van der Waals surface area contributed by atoms with Gasteiger partial charge in [-0.1, -0.05) is 84.9 Å². The number of aliphatic hydroxyl groups excluding tert-OH is 1. The van der Waals surface area contributed by atoms with Gasteiger partial charge in [0.15, 0.2) is 0 Å². The molecule has 1 saturated heterocycles. The lowest BCUT2D eigenvalue weighted by molar-refractivity contribution is -0.142. The number of benzene rings is 3. The van der Waals surface area contributed by atoms with Crippen LogP contribution < -0.4 is 0 Å². The highest BCUT2D eigenvalue weighted by Crippen LogP contribution is 2.38. The largest absolute Gasteiger partial charge is 0.481 e. The standard InChI is InChI=1S/C32H39NO3/c1-32(2,31(35)36)28-18-16-24(17-19-28)10-9-15-29(34)33-22-20-27(21-23-33)30(25-11-5-3-6-12-25)26-13-7-4-8-14-26/h3-8,11-14,16-19,27,29-30,34H,9-10,15,20-23H2,1-2H3,(H,35,36). The van der Waals surface area contributed by atoms with Gasteiger partial charge in [-0.2, -0.15) is 0 Å². The number of aryl methyl sites for hydroxylation is 1. The molecule has 4 heteroatoms. The molecule has 1 atom stereocenters. The zero-order chi connectivity index (χ0) is 25.5. The Balaban J connectivity index is 1.29. The van der Waals surface area contributed by atoms with E-state index < -0.39 is 17.6 Å². The molecule has 1 unspecified atom stereocenters. The molecule has 2 N–H and O–H groups in total. The quantitative estimate of drug-likeness (QED) is 0.357. The molecule has 1 heterocycles. The Morgan fingerprint density at radius 2 is 1.42 bits per heavy atom. The molecule has 0 amide bonds. The second-order valence-corrected chi connectivity index (χ2v) is 10.7. The van der Waals surface area contributed by atoms with Crippen molar-refractivity contribution in [2.75, 3.05) is 13.1 Å². The zero-order valence-corrected chi connectivity index (χ0v) is 21.5. The molecular weight excluding hydrogens is 446 g/mol. The summed E-state index contributed by atoms with van der Waals surface area (Å²) in [6.07, 6.45) is 4.26. The number of likely N-dealkylation sites (tertiary alicyclic amines) is 1. The fraction of sp³-hybridized carbons (Fsp3) is 0.406. The number of hydrogen-bond acceptors (Lipinski definition) is 3. The van der Waals surface area contributed by atoms with Crippen LogP contribution in [0.2, 0.25) is 0 Å². The van der Waals surface area contributed by atoms with E-state index in [0.29, 0.717) is 11.8 Å². The predicted molar refractivity (Wildman–Crippen MR) is 145 cm³/mol. The molecule has 3 aromatic carbocycles. The summed E-state index contributed by atoms with van der Waals surface area (Å²) in [5, 5.41) is 20.3. The highest BCUT2D eigenvalue weighted by atomic mass is 16.4. The van der Waals surface area contributed by atoms with Crippen molar-refractivity contribution in [2.24, 2.45) is 5.92 Å². The zero-order valence-electron chi connectivity index (χ0n) is 21.5. The SMILES string of the molecule is CC(C)(C(=O)O)c1ccc(CCCC(O)N2CCC(C(c3ccccc3)c3ccccc3)CC2)cc1. The van der Waals surface area contributed by atoms with Gasteiger partial charge in [0.25, 0.3) is 0 Å². The molecule has 4 rings (SSSR count). The molecule has 190 valence electrons. The fourth-order valence-electron chi connectivity index (χ4n) is 5.49. The third-order valence-corrected chi connectivity index (χ3v) is 7.92. The number of carboxylic acids is 1. The summed E-state index contributed by atoms with van der Waals surface area (Å²) in [7, 11) is 0.